The van der Waals surface area contributed by atoms with Gasteiger partial charge in [-0.25, -0.2) is 9.59 Å². The van der Waals surface area contributed by atoms with Crippen LogP contribution in [0.1, 0.15) is 33.1 Å². The first-order valence-electron chi connectivity index (χ1n) is 6.47. The molecule has 2 amide bonds. The van der Waals surface area contributed by atoms with Crippen LogP contribution in [-0.4, -0.2) is 45.2 Å². The Morgan fingerprint density at radius 1 is 1.50 bits per heavy atom. The van der Waals surface area contributed by atoms with Gasteiger partial charge in [0.2, 0.25) is 0 Å². The van der Waals surface area contributed by atoms with E-state index in [2.05, 4.69) is 12.2 Å². The average Bonchev–Trinajstić information content (AvgIpc) is 2.83. The summed E-state index contributed by atoms with van der Waals surface area (Å²) in [4.78, 5) is 24.9. The Balaban J connectivity index is 2.02. The predicted molar refractivity (Wildman–Crippen MR) is 70.5 cm³/mol. The van der Waals surface area contributed by atoms with Crippen molar-refractivity contribution >= 4 is 23.8 Å². The maximum atomic E-state index is 12.2. The third kappa shape index (κ3) is 2.74. The molecule has 0 aromatic heterocycles. The van der Waals surface area contributed by atoms with Crippen LogP contribution in [0.25, 0.3) is 0 Å². The number of carbonyl (C=O) groups excluding carboxylic acids is 1. The molecule has 1 aliphatic heterocycles. The minimum Gasteiger partial charge on any atom is -0.480 e. The van der Waals surface area contributed by atoms with Crippen molar-refractivity contribution < 1.29 is 14.7 Å². The molecule has 5 nitrogen and oxygen atoms in total. The fraction of sp³-hybridized carbons (Fsp3) is 0.833. The van der Waals surface area contributed by atoms with Crippen LogP contribution >= 0.6 is 11.8 Å². The predicted octanol–water partition coefficient (Wildman–Crippen LogP) is 1.73. The first-order chi connectivity index (χ1) is 8.54. The molecule has 2 rings (SSSR count). The number of carbonyl (C=O) groups is 2. The van der Waals surface area contributed by atoms with Crippen LogP contribution in [0.2, 0.25) is 0 Å². The number of urea groups is 1. The number of amides is 2. The Kier molecular flexibility index (Phi) is 4.04. The number of nitrogens with one attached hydrogen (secondary N) is 1. The van der Waals surface area contributed by atoms with Crippen molar-refractivity contribution in [2.45, 2.75) is 50.6 Å². The first-order valence-corrected chi connectivity index (χ1v) is 7.52. The number of carboxylic acids is 1. The molecule has 2 aliphatic rings. The number of carboxylic acid groups (broad SMARTS) is 1. The van der Waals surface area contributed by atoms with Gasteiger partial charge in [0.1, 0.15) is 6.04 Å². The minimum atomic E-state index is -0.903. The van der Waals surface area contributed by atoms with Gasteiger partial charge in [0, 0.05) is 11.8 Å². The molecule has 2 fully saturated rings. The Morgan fingerprint density at radius 3 is 2.67 bits per heavy atom. The van der Waals surface area contributed by atoms with Crippen molar-refractivity contribution in [1.82, 2.24) is 10.2 Å². The van der Waals surface area contributed by atoms with E-state index in [-0.39, 0.29) is 17.4 Å². The van der Waals surface area contributed by atoms with Crippen LogP contribution in [0.15, 0.2) is 0 Å². The van der Waals surface area contributed by atoms with Crippen molar-refractivity contribution in [2.75, 3.05) is 5.75 Å². The summed E-state index contributed by atoms with van der Waals surface area (Å²) in [5.74, 6) is 0.116. The lowest BCUT2D eigenvalue weighted by Gasteiger charge is -2.27. The molecule has 0 aromatic carbocycles. The summed E-state index contributed by atoms with van der Waals surface area (Å²) in [6, 6.07) is -0.652. The van der Waals surface area contributed by atoms with Gasteiger partial charge >= 0.3 is 12.0 Å². The van der Waals surface area contributed by atoms with E-state index in [0.717, 1.165) is 19.3 Å². The van der Waals surface area contributed by atoms with Crippen LogP contribution in [0.3, 0.4) is 0 Å². The minimum absolute atomic E-state index is 0.00477. The van der Waals surface area contributed by atoms with Gasteiger partial charge in [-0.15, -0.1) is 11.8 Å². The molecule has 0 aromatic rings. The second kappa shape index (κ2) is 5.38. The van der Waals surface area contributed by atoms with E-state index in [0.29, 0.717) is 11.7 Å². The summed E-state index contributed by atoms with van der Waals surface area (Å²) >= 11 is 1.57. The fourth-order valence-electron chi connectivity index (χ4n) is 2.25. The third-order valence-corrected chi connectivity index (χ3v) is 4.92. The van der Waals surface area contributed by atoms with E-state index in [9.17, 15) is 14.7 Å². The Morgan fingerprint density at radius 2 is 2.17 bits per heavy atom. The Bertz CT molecular complexity index is 350. The second-order valence-electron chi connectivity index (χ2n) is 5.11. The zero-order valence-electron chi connectivity index (χ0n) is 10.8. The van der Waals surface area contributed by atoms with E-state index < -0.39 is 12.0 Å². The quantitative estimate of drug-likeness (QED) is 0.817. The fourth-order valence-corrected chi connectivity index (χ4v) is 3.77. The molecule has 1 aliphatic carbocycles. The molecule has 0 spiro atoms. The molecule has 102 valence electrons. The van der Waals surface area contributed by atoms with E-state index in [1.165, 1.54) is 4.90 Å². The number of hydrogen-bond donors (Lipinski definition) is 2. The van der Waals surface area contributed by atoms with E-state index in [1.54, 1.807) is 11.8 Å². The zero-order valence-corrected chi connectivity index (χ0v) is 11.6. The summed E-state index contributed by atoms with van der Waals surface area (Å²) in [6.07, 6.45) is 2.80. The smallest absolute Gasteiger partial charge is 0.327 e. The van der Waals surface area contributed by atoms with Crippen LogP contribution in [0.5, 0.6) is 0 Å². The number of nitrogens with zero attached hydrogens (tertiary/aromatic N) is 1. The monoisotopic (exact) mass is 272 g/mol. The van der Waals surface area contributed by atoms with Crippen LogP contribution in [0.4, 0.5) is 4.79 Å². The maximum absolute atomic E-state index is 12.2. The lowest BCUT2D eigenvalue weighted by atomic mass is 10.2. The molecule has 4 unspecified atom stereocenters. The van der Waals surface area contributed by atoms with Gasteiger partial charge in [-0.1, -0.05) is 20.3 Å². The molecule has 0 bridgehead atoms. The normalized spacial score (nSPS) is 34.4. The topological polar surface area (TPSA) is 69.6 Å². The molecule has 2 N–H and O–H groups in total. The Hall–Kier alpha value is -0.910. The Labute approximate surface area is 111 Å². The average molecular weight is 272 g/mol. The lowest BCUT2D eigenvalue weighted by molar-refractivity contribution is -0.141. The van der Waals surface area contributed by atoms with E-state index >= 15 is 0 Å². The second-order valence-corrected chi connectivity index (χ2v) is 6.32. The SMILES string of the molecule is CCCC1SCC(C(=O)O)N1C(=O)NC1CC1C. The molecular weight excluding hydrogens is 252 g/mol. The summed E-state index contributed by atoms with van der Waals surface area (Å²) in [5.41, 5.74) is 0. The third-order valence-electron chi connectivity index (χ3n) is 3.57. The van der Waals surface area contributed by atoms with Gasteiger partial charge in [-0.2, -0.15) is 0 Å². The van der Waals surface area contributed by atoms with Gasteiger partial charge in [-0.05, 0) is 18.8 Å². The lowest BCUT2D eigenvalue weighted by Crippen LogP contribution is -2.50. The molecule has 1 heterocycles. The molecule has 4 atom stereocenters. The highest BCUT2D eigenvalue weighted by Crippen LogP contribution is 2.34. The number of thioether (sulfide) groups is 1. The molecule has 1 saturated carbocycles. The van der Waals surface area contributed by atoms with Gasteiger partial charge < -0.3 is 10.4 Å². The largest absolute Gasteiger partial charge is 0.480 e. The zero-order chi connectivity index (χ0) is 13.3. The number of rotatable bonds is 4. The summed E-state index contributed by atoms with van der Waals surface area (Å²) < 4.78 is 0. The van der Waals surface area contributed by atoms with E-state index in [1.807, 2.05) is 6.92 Å². The first kappa shape index (κ1) is 13.5. The van der Waals surface area contributed by atoms with Crippen molar-refractivity contribution in [3.05, 3.63) is 0 Å². The highest BCUT2D eigenvalue weighted by atomic mass is 32.2. The van der Waals surface area contributed by atoms with Gasteiger partial charge in [-0.3, -0.25) is 4.90 Å². The van der Waals surface area contributed by atoms with Gasteiger partial charge in [0.15, 0.2) is 0 Å². The summed E-state index contributed by atoms with van der Waals surface area (Å²) in [7, 11) is 0. The van der Waals surface area contributed by atoms with Gasteiger partial charge in [0.05, 0.1) is 5.37 Å². The highest BCUT2D eigenvalue weighted by Gasteiger charge is 2.43. The highest BCUT2D eigenvalue weighted by molar-refractivity contribution is 8.00. The van der Waals surface area contributed by atoms with Crippen molar-refractivity contribution in [2.24, 2.45) is 5.92 Å². The molecule has 1 saturated heterocycles. The summed E-state index contributed by atoms with van der Waals surface area (Å²) in [6.45, 7) is 4.13. The van der Waals surface area contributed by atoms with Crippen molar-refractivity contribution in [1.29, 1.82) is 0 Å². The molecule has 0 radical (unpaired) electrons. The van der Waals surface area contributed by atoms with Crippen molar-refractivity contribution in [3.8, 4) is 0 Å². The number of aliphatic carboxylic acids is 1. The maximum Gasteiger partial charge on any atom is 0.327 e. The standard InChI is InChI=1S/C12H20N2O3S/c1-3-4-10-14(9(6-18-10)11(15)16)12(17)13-8-5-7(8)2/h7-10H,3-6H2,1-2H3,(H,13,17)(H,15,16). The molecular formula is C12H20N2O3S. The van der Waals surface area contributed by atoms with Crippen LogP contribution in [0, 0.1) is 5.92 Å². The number of hydrogen-bond acceptors (Lipinski definition) is 3. The van der Waals surface area contributed by atoms with Crippen molar-refractivity contribution in [3.63, 3.8) is 0 Å². The molecule has 6 heteroatoms. The summed E-state index contributed by atoms with van der Waals surface area (Å²) in [5, 5.41) is 12.1. The van der Waals surface area contributed by atoms with E-state index in [4.69, 9.17) is 0 Å². The molecule has 18 heavy (non-hydrogen) atoms. The van der Waals surface area contributed by atoms with Crippen LogP contribution in [-0.2, 0) is 4.79 Å². The van der Waals surface area contributed by atoms with Crippen LogP contribution < -0.4 is 5.32 Å². The van der Waals surface area contributed by atoms with Gasteiger partial charge in [0.25, 0.3) is 0 Å².